The topological polar surface area (TPSA) is 152 Å². The molecule has 2 amide bonds. The first kappa shape index (κ1) is 34.9. The van der Waals surface area contributed by atoms with Gasteiger partial charge in [0.2, 0.25) is 11.9 Å². The highest BCUT2D eigenvalue weighted by atomic mass is 16.5. The Morgan fingerprint density at radius 3 is 2.48 bits per heavy atom. The highest BCUT2D eigenvalue weighted by Crippen LogP contribution is 2.40. The van der Waals surface area contributed by atoms with E-state index in [0.717, 1.165) is 62.7 Å². The molecule has 2 saturated carbocycles. The van der Waals surface area contributed by atoms with Crippen molar-refractivity contribution >= 4 is 52.7 Å². The van der Waals surface area contributed by atoms with E-state index >= 15 is 0 Å². The lowest BCUT2D eigenvalue weighted by molar-refractivity contribution is -0.150. The quantitative estimate of drug-likeness (QED) is 0.188. The van der Waals surface area contributed by atoms with E-state index in [2.05, 4.69) is 20.5 Å². The summed E-state index contributed by atoms with van der Waals surface area (Å²) in [6.45, 7) is 2.04. The number of nitrogens with zero attached hydrogens (tertiary/aromatic N) is 4. The number of amides is 2. The van der Waals surface area contributed by atoms with Crippen LogP contribution < -0.4 is 30.9 Å². The van der Waals surface area contributed by atoms with E-state index in [1.165, 1.54) is 0 Å². The van der Waals surface area contributed by atoms with Crippen molar-refractivity contribution in [1.29, 1.82) is 0 Å². The van der Waals surface area contributed by atoms with Crippen molar-refractivity contribution < 1.29 is 23.9 Å². The second-order valence-electron chi connectivity index (χ2n) is 13.3. The lowest BCUT2D eigenvalue weighted by Crippen LogP contribution is -2.55. The van der Waals surface area contributed by atoms with Gasteiger partial charge in [-0.1, -0.05) is 44.1 Å². The van der Waals surface area contributed by atoms with Crippen LogP contribution in [0, 0.1) is 0 Å². The molecule has 1 aromatic heterocycles. The minimum atomic E-state index is -0.691. The number of rotatable bonds is 12. The number of hydrogen-bond donors (Lipinski definition) is 3. The molecular formula is C38H47N7O5. The Hall–Kier alpha value is -4.97. The minimum Gasteiger partial charge on any atom is -0.495 e. The van der Waals surface area contributed by atoms with E-state index in [-0.39, 0.29) is 36.0 Å². The van der Waals surface area contributed by atoms with Crippen LogP contribution in [0.2, 0.25) is 0 Å². The van der Waals surface area contributed by atoms with Crippen LogP contribution in [0.25, 0.3) is 6.08 Å². The van der Waals surface area contributed by atoms with E-state index < -0.39 is 6.04 Å². The van der Waals surface area contributed by atoms with Gasteiger partial charge in [0.25, 0.3) is 5.91 Å². The van der Waals surface area contributed by atoms with Crippen molar-refractivity contribution in [3.05, 3.63) is 65.9 Å². The predicted octanol–water partition coefficient (Wildman–Crippen LogP) is 6.20. The number of carbonyl (C=O) groups excluding carboxylic acids is 3. The second-order valence-corrected chi connectivity index (χ2v) is 13.3. The smallest absolute Gasteiger partial charge is 0.323 e. The number of likely N-dealkylation sites (N-methyl/N-ethyl adjacent to an activating group) is 1. The minimum absolute atomic E-state index is 0.00393. The number of benzene rings is 2. The number of nitrogens with one attached hydrogen (secondary N) is 2. The molecule has 0 unspecified atom stereocenters. The largest absolute Gasteiger partial charge is 0.495 e. The average Bonchev–Trinajstić information content (AvgIpc) is 3.86. The summed E-state index contributed by atoms with van der Waals surface area (Å²) in [6, 6.07) is 11.8. The molecule has 0 bridgehead atoms. The van der Waals surface area contributed by atoms with Crippen LogP contribution in [0.3, 0.4) is 0 Å². The van der Waals surface area contributed by atoms with Crippen molar-refractivity contribution in [1.82, 2.24) is 9.97 Å². The number of aromatic nitrogens is 2. The standard InChI is InChI=1S/C38H47N7O5/c1-4-31-36(47)44(2)32-23-40-38(43-34(32)45(31)27-11-5-6-12-27)42-30-21-18-25(22-33(30)49-3)35(46)41-26-19-16-24(17-20-26)10-9-15-29(39)37(48)50-28-13-7-8-14-28/h9-10,16-23,27-29,31H,4-8,11-15,39H2,1-3H3,(H,41,46)(H,40,42,43)/b10-9+/t29-,31+/m0/s1. The fourth-order valence-corrected chi connectivity index (χ4v) is 7.09. The lowest BCUT2D eigenvalue weighted by Gasteiger charge is -2.43. The molecule has 2 atom stereocenters. The fraction of sp³-hybridized carbons (Fsp3) is 0.447. The summed E-state index contributed by atoms with van der Waals surface area (Å²) in [5.74, 6) is 1.00. The maximum absolute atomic E-state index is 13.2. The summed E-state index contributed by atoms with van der Waals surface area (Å²) < 4.78 is 11.1. The molecule has 264 valence electrons. The molecule has 2 aliphatic carbocycles. The van der Waals surface area contributed by atoms with Crippen molar-refractivity contribution in [2.75, 3.05) is 34.6 Å². The number of esters is 1. The normalized spacial score (nSPS) is 18.7. The molecule has 3 aromatic rings. The van der Waals surface area contributed by atoms with Gasteiger partial charge in [-0.3, -0.25) is 14.4 Å². The van der Waals surface area contributed by atoms with Crippen LogP contribution in [0.5, 0.6) is 5.75 Å². The van der Waals surface area contributed by atoms with Gasteiger partial charge in [0.05, 0.1) is 19.0 Å². The highest BCUT2D eigenvalue weighted by Gasteiger charge is 2.41. The molecule has 0 radical (unpaired) electrons. The summed E-state index contributed by atoms with van der Waals surface area (Å²) in [4.78, 5) is 51.9. The Kier molecular flexibility index (Phi) is 11.0. The van der Waals surface area contributed by atoms with Gasteiger partial charge >= 0.3 is 5.97 Å². The van der Waals surface area contributed by atoms with E-state index in [1.54, 1.807) is 43.5 Å². The molecule has 12 heteroatoms. The van der Waals surface area contributed by atoms with Crippen molar-refractivity contribution in [3.63, 3.8) is 0 Å². The van der Waals surface area contributed by atoms with E-state index in [9.17, 15) is 14.4 Å². The van der Waals surface area contributed by atoms with E-state index in [4.69, 9.17) is 20.2 Å². The highest BCUT2D eigenvalue weighted by molar-refractivity contribution is 6.05. The number of nitrogens with two attached hydrogens (primary N) is 1. The molecule has 12 nitrogen and oxygen atoms in total. The third kappa shape index (κ3) is 7.75. The average molecular weight is 682 g/mol. The zero-order valence-electron chi connectivity index (χ0n) is 29.1. The number of methoxy groups -OCH3 is 1. The zero-order valence-corrected chi connectivity index (χ0v) is 29.1. The molecule has 2 fully saturated rings. The van der Waals surface area contributed by atoms with Gasteiger partial charge in [-0.2, -0.15) is 4.98 Å². The fourth-order valence-electron chi connectivity index (χ4n) is 7.09. The summed E-state index contributed by atoms with van der Waals surface area (Å²) in [5, 5.41) is 6.19. The van der Waals surface area contributed by atoms with Crippen LogP contribution in [-0.4, -0.2) is 66.1 Å². The third-order valence-corrected chi connectivity index (χ3v) is 9.88. The molecular weight excluding hydrogens is 634 g/mol. The Labute approximate surface area is 293 Å². The van der Waals surface area contributed by atoms with Gasteiger partial charge in [0, 0.05) is 24.3 Å². The molecule has 2 aromatic carbocycles. The number of anilines is 5. The lowest BCUT2D eigenvalue weighted by atomic mass is 10.0. The van der Waals surface area contributed by atoms with Gasteiger partial charge in [-0.25, -0.2) is 4.98 Å². The van der Waals surface area contributed by atoms with Crippen LogP contribution in [-0.2, 0) is 14.3 Å². The van der Waals surface area contributed by atoms with E-state index in [1.807, 2.05) is 43.3 Å². The summed E-state index contributed by atoms with van der Waals surface area (Å²) in [7, 11) is 3.32. The van der Waals surface area contributed by atoms with Crippen LogP contribution in [0.15, 0.2) is 54.7 Å². The number of fused-ring (bicyclic) bond motifs is 1. The van der Waals surface area contributed by atoms with Gasteiger partial charge in [0.1, 0.15) is 29.6 Å². The Morgan fingerprint density at radius 1 is 1.06 bits per heavy atom. The SMILES string of the molecule is CC[C@@H]1C(=O)N(C)c2cnc(Nc3ccc(C(=O)Nc4ccc(/C=C/C[C@H](N)C(=O)OC5CCCC5)cc4)cc3OC)nc2N1C1CCCC1. The van der Waals surface area contributed by atoms with Crippen LogP contribution in [0.4, 0.5) is 28.8 Å². The molecule has 0 spiro atoms. The summed E-state index contributed by atoms with van der Waals surface area (Å²) in [6.07, 6.45) is 14.9. The molecule has 3 aliphatic rings. The molecule has 0 saturated heterocycles. The maximum Gasteiger partial charge on any atom is 0.323 e. The monoisotopic (exact) mass is 681 g/mol. The predicted molar refractivity (Wildman–Crippen MR) is 195 cm³/mol. The second kappa shape index (κ2) is 15.7. The Morgan fingerprint density at radius 2 is 1.78 bits per heavy atom. The molecule has 4 N–H and O–H groups in total. The van der Waals surface area contributed by atoms with Crippen molar-refractivity contribution in [2.24, 2.45) is 5.73 Å². The van der Waals surface area contributed by atoms with Crippen molar-refractivity contribution in [3.8, 4) is 5.75 Å². The van der Waals surface area contributed by atoms with Crippen LogP contribution >= 0.6 is 0 Å². The first-order chi connectivity index (χ1) is 24.2. The Bertz CT molecular complexity index is 1720. The van der Waals surface area contributed by atoms with Gasteiger partial charge in [-0.05, 0) is 87.3 Å². The van der Waals surface area contributed by atoms with Crippen molar-refractivity contribution in [2.45, 2.75) is 95.4 Å². The number of ether oxygens (including phenoxy) is 2. The number of carbonyl (C=O) groups is 3. The summed E-state index contributed by atoms with van der Waals surface area (Å²) >= 11 is 0. The first-order valence-corrected chi connectivity index (χ1v) is 17.7. The molecule has 50 heavy (non-hydrogen) atoms. The number of hydrogen-bond acceptors (Lipinski definition) is 10. The van der Waals surface area contributed by atoms with Gasteiger partial charge in [-0.15, -0.1) is 0 Å². The zero-order chi connectivity index (χ0) is 35.2. The molecule has 6 rings (SSSR count). The maximum atomic E-state index is 13.2. The van der Waals surface area contributed by atoms with Gasteiger partial charge in [0.15, 0.2) is 5.82 Å². The summed E-state index contributed by atoms with van der Waals surface area (Å²) in [5.41, 5.74) is 9.29. The van der Waals surface area contributed by atoms with Gasteiger partial charge < -0.3 is 35.6 Å². The molecule has 2 heterocycles. The van der Waals surface area contributed by atoms with Crippen LogP contribution in [0.1, 0.15) is 87.1 Å². The third-order valence-electron chi connectivity index (χ3n) is 9.88. The Balaban J connectivity index is 1.09. The first-order valence-electron chi connectivity index (χ1n) is 17.7. The molecule has 1 aliphatic heterocycles. The van der Waals surface area contributed by atoms with E-state index in [0.29, 0.717) is 47.2 Å².